The highest BCUT2D eigenvalue weighted by Gasteiger charge is 2.45. The topological polar surface area (TPSA) is 152 Å². The van der Waals surface area contributed by atoms with Gasteiger partial charge < -0.3 is 31.7 Å². The van der Waals surface area contributed by atoms with E-state index in [1.807, 2.05) is 41.5 Å². The molecule has 0 rings (SSSR count). The summed E-state index contributed by atoms with van der Waals surface area (Å²) in [6, 6.07) is -0.0138. The molecule has 234 valence electrons. The molecule has 3 unspecified atom stereocenters. The van der Waals surface area contributed by atoms with Gasteiger partial charge in [-0.2, -0.15) is 0 Å². The van der Waals surface area contributed by atoms with Crippen molar-refractivity contribution in [2.45, 2.75) is 99.6 Å². The molecule has 6 N–H and O–H groups in total. The normalized spacial score (nSPS) is 15.4. The molecule has 0 radical (unpaired) electrons. The zero-order valence-corrected chi connectivity index (χ0v) is 27.8. The Balaban J connectivity index is 5.41. The summed E-state index contributed by atoms with van der Waals surface area (Å²) in [6.45, 7) is 18.5. The minimum atomic E-state index is -0.972. The van der Waals surface area contributed by atoms with Crippen LogP contribution in [0.5, 0.6) is 0 Å². The second-order valence-corrected chi connectivity index (χ2v) is 14.8. The van der Waals surface area contributed by atoms with E-state index in [9.17, 15) is 19.2 Å². The van der Waals surface area contributed by atoms with Gasteiger partial charge in [0.25, 0.3) is 0 Å². The first-order valence-corrected chi connectivity index (χ1v) is 16.8. The van der Waals surface area contributed by atoms with E-state index < -0.39 is 28.4 Å². The monoisotopic (exact) mass is 605 g/mol. The fourth-order valence-electron chi connectivity index (χ4n) is 4.26. The maximum atomic E-state index is 13.6. The molecule has 0 bridgehead atoms. The molecule has 0 saturated heterocycles. The van der Waals surface area contributed by atoms with Gasteiger partial charge in [-0.15, -0.1) is 0 Å². The zero-order valence-electron chi connectivity index (χ0n) is 26.2. The highest BCUT2D eigenvalue weighted by molar-refractivity contribution is 8.76. The Morgan fingerprint density at radius 2 is 1.38 bits per heavy atom. The van der Waals surface area contributed by atoms with Crippen molar-refractivity contribution in [3.05, 3.63) is 0 Å². The summed E-state index contributed by atoms with van der Waals surface area (Å²) in [7, 11) is 3.35. The standard InChI is InChI=1S/C28H55N5O5S2/c1-10-27(8,23(35)31-15-17-40-39-16-12-29)19-28(9,18-21(4)22(34)33-20(2)3)24(36)30-13-11-14-32-25(37)38-26(5,6)7/h20-21H,10-19,29H2,1-9H3,(H,30,36)(H,31,35)(H,32,37)(H,33,34). The summed E-state index contributed by atoms with van der Waals surface area (Å²) in [5.74, 6) is 0.766. The van der Waals surface area contributed by atoms with E-state index in [-0.39, 0.29) is 23.8 Å². The summed E-state index contributed by atoms with van der Waals surface area (Å²) in [5.41, 5.74) is 3.17. The number of rotatable bonds is 19. The number of amides is 4. The van der Waals surface area contributed by atoms with Gasteiger partial charge in [-0.05, 0) is 60.3 Å². The predicted octanol–water partition coefficient (Wildman–Crippen LogP) is 3.84. The third-order valence-electron chi connectivity index (χ3n) is 6.36. The number of ether oxygens (including phenoxy) is 1. The molecule has 10 nitrogen and oxygen atoms in total. The number of carbonyl (C=O) groups is 4. The van der Waals surface area contributed by atoms with Crippen LogP contribution in [0.1, 0.15) is 88.0 Å². The van der Waals surface area contributed by atoms with Crippen LogP contribution in [0.4, 0.5) is 4.79 Å². The molecule has 0 spiro atoms. The highest BCUT2D eigenvalue weighted by atomic mass is 33.1. The van der Waals surface area contributed by atoms with E-state index in [0.29, 0.717) is 51.9 Å². The van der Waals surface area contributed by atoms with Crippen LogP contribution in [-0.2, 0) is 19.1 Å². The van der Waals surface area contributed by atoms with Crippen molar-refractivity contribution >= 4 is 45.4 Å². The Kier molecular flexibility index (Phi) is 17.9. The fourth-order valence-corrected chi connectivity index (χ4v) is 6.02. The number of nitrogens with one attached hydrogen (secondary N) is 4. The van der Waals surface area contributed by atoms with Crippen molar-refractivity contribution in [3.63, 3.8) is 0 Å². The quantitative estimate of drug-likeness (QED) is 0.110. The van der Waals surface area contributed by atoms with E-state index in [0.717, 1.165) is 11.5 Å². The lowest BCUT2D eigenvalue weighted by molar-refractivity contribution is -0.139. The lowest BCUT2D eigenvalue weighted by Gasteiger charge is -2.38. The van der Waals surface area contributed by atoms with Crippen molar-refractivity contribution in [1.82, 2.24) is 21.3 Å². The Labute approximate surface area is 250 Å². The summed E-state index contributed by atoms with van der Waals surface area (Å²) in [4.78, 5) is 51.5. The van der Waals surface area contributed by atoms with Gasteiger partial charge in [-0.3, -0.25) is 14.4 Å². The van der Waals surface area contributed by atoms with E-state index in [2.05, 4.69) is 21.3 Å². The van der Waals surface area contributed by atoms with Crippen LogP contribution in [0.3, 0.4) is 0 Å². The molecular formula is C28H55N5O5S2. The fraction of sp³-hybridized carbons (Fsp3) is 0.857. The molecule has 12 heteroatoms. The van der Waals surface area contributed by atoms with Crippen LogP contribution in [-0.4, -0.2) is 73.1 Å². The van der Waals surface area contributed by atoms with Crippen molar-refractivity contribution in [1.29, 1.82) is 0 Å². The second kappa shape index (κ2) is 18.7. The van der Waals surface area contributed by atoms with Gasteiger partial charge in [0, 0.05) is 60.5 Å². The lowest BCUT2D eigenvalue weighted by Crippen LogP contribution is -2.49. The Morgan fingerprint density at radius 3 is 1.93 bits per heavy atom. The van der Waals surface area contributed by atoms with Crippen LogP contribution in [0.15, 0.2) is 0 Å². The van der Waals surface area contributed by atoms with Gasteiger partial charge in [0.05, 0.1) is 0 Å². The molecule has 0 aliphatic carbocycles. The minimum Gasteiger partial charge on any atom is -0.444 e. The van der Waals surface area contributed by atoms with E-state index >= 15 is 0 Å². The smallest absolute Gasteiger partial charge is 0.407 e. The molecular weight excluding hydrogens is 550 g/mol. The van der Waals surface area contributed by atoms with E-state index in [1.165, 1.54) is 0 Å². The Hall–Kier alpha value is -1.66. The van der Waals surface area contributed by atoms with Gasteiger partial charge in [0.1, 0.15) is 5.60 Å². The number of alkyl carbamates (subject to hydrolysis) is 1. The predicted molar refractivity (Wildman–Crippen MR) is 167 cm³/mol. The van der Waals surface area contributed by atoms with Gasteiger partial charge in [-0.25, -0.2) is 4.79 Å². The summed E-state index contributed by atoms with van der Waals surface area (Å²) < 4.78 is 5.23. The second-order valence-electron chi connectivity index (χ2n) is 12.1. The number of hydrogen-bond donors (Lipinski definition) is 5. The van der Waals surface area contributed by atoms with Crippen LogP contribution in [0, 0.1) is 16.7 Å². The summed E-state index contributed by atoms with van der Waals surface area (Å²) >= 11 is 0. The minimum absolute atomic E-state index is 0.0138. The van der Waals surface area contributed by atoms with Crippen LogP contribution in [0.2, 0.25) is 0 Å². The zero-order chi connectivity index (χ0) is 31.0. The maximum Gasteiger partial charge on any atom is 0.407 e. The third-order valence-corrected chi connectivity index (χ3v) is 8.79. The maximum absolute atomic E-state index is 13.6. The molecule has 40 heavy (non-hydrogen) atoms. The average molecular weight is 606 g/mol. The van der Waals surface area contributed by atoms with Crippen molar-refractivity contribution in [2.75, 3.05) is 37.7 Å². The van der Waals surface area contributed by atoms with Crippen LogP contribution < -0.4 is 27.0 Å². The first kappa shape index (κ1) is 38.3. The highest BCUT2D eigenvalue weighted by Crippen LogP contribution is 2.41. The average Bonchev–Trinajstić information content (AvgIpc) is 2.83. The molecule has 3 atom stereocenters. The number of hydrogen-bond acceptors (Lipinski definition) is 8. The Morgan fingerprint density at radius 1 is 0.825 bits per heavy atom. The van der Waals surface area contributed by atoms with Crippen LogP contribution in [0.25, 0.3) is 0 Å². The summed E-state index contributed by atoms with van der Waals surface area (Å²) in [5, 5.41) is 11.6. The van der Waals surface area contributed by atoms with Gasteiger partial charge in [0.15, 0.2) is 0 Å². The molecule has 0 aromatic rings. The first-order valence-electron chi connectivity index (χ1n) is 14.3. The molecule has 0 aliphatic rings. The van der Waals surface area contributed by atoms with Gasteiger partial charge in [0.2, 0.25) is 17.7 Å². The third kappa shape index (κ3) is 16.0. The number of carbonyl (C=O) groups excluding carboxylic acids is 4. The molecule has 0 heterocycles. The van der Waals surface area contributed by atoms with Crippen molar-refractivity contribution in [3.8, 4) is 0 Å². The van der Waals surface area contributed by atoms with Gasteiger partial charge >= 0.3 is 6.09 Å². The molecule has 4 amide bonds. The Bertz CT molecular complexity index is 808. The van der Waals surface area contributed by atoms with Crippen molar-refractivity contribution in [2.24, 2.45) is 22.5 Å². The van der Waals surface area contributed by atoms with Gasteiger partial charge in [-0.1, -0.05) is 49.3 Å². The van der Waals surface area contributed by atoms with Crippen LogP contribution >= 0.6 is 21.6 Å². The molecule has 0 fully saturated rings. The lowest BCUT2D eigenvalue weighted by atomic mass is 9.67. The SMILES string of the molecule is CCC(C)(CC(C)(CC(C)C(=O)NC(C)C)C(=O)NCCCNC(=O)OC(C)(C)C)C(=O)NCCSSCCN. The van der Waals surface area contributed by atoms with E-state index in [4.69, 9.17) is 10.5 Å². The van der Waals surface area contributed by atoms with Crippen molar-refractivity contribution < 1.29 is 23.9 Å². The number of nitrogens with two attached hydrogens (primary N) is 1. The summed E-state index contributed by atoms with van der Waals surface area (Å²) in [6.07, 6.45) is 1.13. The van der Waals surface area contributed by atoms with E-state index in [1.54, 1.807) is 42.4 Å². The molecule has 0 aromatic carbocycles. The first-order chi connectivity index (χ1) is 18.5. The largest absolute Gasteiger partial charge is 0.444 e. The molecule has 0 aromatic heterocycles. The molecule has 0 saturated carbocycles. The molecule has 0 aliphatic heterocycles.